The van der Waals surface area contributed by atoms with Crippen LogP contribution in [0.25, 0.3) is 11.1 Å². The molecule has 9 heteroatoms. The van der Waals surface area contributed by atoms with Crippen molar-refractivity contribution < 1.29 is 19.5 Å². The number of amides is 4. The Morgan fingerprint density at radius 3 is 2.64 bits per heavy atom. The van der Waals surface area contributed by atoms with Crippen molar-refractivity contribution in [1.82, 2.24) is 5.32 Å². The van der Waals surface area contributed by atoms with Crippen LogP contribution in [-0.4, -0.2) is 27.9 Å². The number of aromatic hydroxyl groups is 1. The maximum atomic E-state index is 11.7. The number of hydrogen-bond acceptors (Lipinski definition) is 5. The van der Waals surface area contributed by atoms with E-state index < -0.39 is 6.03 Å². The van der Waals surface area contributed by atoms with E-state index in [2.05, 4.69) is 16.0 Å². The Morgan fingerprint density at radius 1 is 1.21 bits per heavy atom. The molecule has 0 aliphatic carbocycles. The van der Waals surface area contributed by atoms with Crippen molar-refractivity contribution in [3.63, 3.8) is 0 Å². The van der Waals surface area contributed by atoms with E-state index in [4.69, 9.17) is 18.0 Å². The van der Waals surface area contributed by atoms with Crippen LogP contribution in [0.3, 0.4) is 0 Å². The van der Waals surface area contributed by atoms with Gasteiger partial charge in [0.15, 0.2) is 0 Å². The highest BCUT2D eigenvalue weighted by atomic mass is 32.1. The van der Waals surface area contributed by atoms with Crippen LogP contribution in [0.4, 0.5) is 16.2 Å². The largest absolute Gasteiger partial charge is 0.506 e. The number of thiocarbonyl (C=S) groups is 1. The Bertz CT molecular complexity index is 1020. The van der Waals surface area contributed by atoms with Crippen LogP contribution in [0.15, 0.2) is 30.3 Å². The normalized spacial score (nSPS) is 12.5. The minimum Gasteiger partial charge on any atom is -0.506 e. The molecule has 0 saturated heterocycles. The smallest absolute Gasteiger partial charge is 0.317 e. The number of carbonyl (C=O) groups excluding carboxylic acids is 3. The fraction of sp³-hybridized carbons (Fsp3) is 0.158. The van der Waals surface area contributed by atoms with Crippen LogP contribution in [0.2, 0.25) is 0 Å². The van der Waals surface area contributed by atoms with Crippen LogP contribution in [0.1, 0.15) is 24.5 Å². The second kappa shape index (κ2) is 7.65. The molecule has 0 bridgehead atoms. The molecule has 28 heavy (non-hydrogen) atoms. The predicted molar refractivity (Wildman–Crippen MR) is 109 cm³/mol. The first-order valence-electron chi connectivity index (χ1n) is 8.43. The van der Waals surface area contributed by atoms with Gasteiger partial charge < -0.3 is 21.5 Å². The molecule has 0 aromatic heterocycles. The summed E-state index contributed by atoms with van der Waals surface area (Å²) in [5.74, 6) is -0.666. The maximum Gasteiger partial charge on any atom is 0.317 e. The summed E-state index contributed by atoms with van der Waals surface area (Å²) < 4.78 is 0. The molecule has 0 fully saturated rings. The third-order valence-corrected chi connectivity index (χ3v) is 4.57. The quantitative estimate of drug-likeness (QED) is 0.506. The van der Waals surface area contributed by atoms with E-state index in [-0.39, 0.29) is 33.8 Å². The number of primary amides is 1. The number of anilines is 2. The summed E-state index contributed by atoms with van der Waals surface area (Å²) in [5.41, 5.74) is 8.17. The number of aryl methyl sites for hydroxylation is 1. The van der Waals surface area contributed by atoms with E-state index in [1.165, 1.54) is 6.92 Å². The zero-order valence-corrected chi connectivity index (χ0v) is 15.8. The number of urea groups is 1. The van der Waals surface area contributed by atoms with Crippen LogP contribution in [0, 0.1) is 0 Å². The number of fused-ring (bicyclic) bond motifs is 1. The van der Waals surface area contributed by atoms with E-state index in [1.807, 2.05) is 12.1 Å². The second-order valence-electron chi connectivity index (χ2n) is 6.30. The zero-order valence-electron chi connectivity index (χ0n) is 15.0. The van der Waals surface area contributed by atoms with E-state index in [0.29, 0.717) is 29.7 Å². The zero-order chi connectivity index (χ0) is 20.4. The molecule has 0 atom stereocenters. The van der Waals surface area contributed by atoms with Crippen molar-refractivity contribution in [2.45, 2.75) is 19.8 Å². The van der Waals surface area contributed by atoms with Gasteiger partial charge in [-0.05, 0) is 35.7 Å². The number of rotatable bonds is 3. The molecule has 144 valence electrons. The summed E-state index contributed by atoms with van der Waals surface area (Å²) in [5, 5.41) is 18.5. The molecule has 1 aliphatic heterocycles. The predicted octanol–water partition coefficient (Wildman–Crippen LogP) is 2.25. The van der Waals surface area contributed by atoms with Gasteiger partial charge in [-0.3, -0.25) is 14.9 Å². The van der Waals surface area contributed by atoms with Crippen molar-refractivity contribution in [2.24, 2.45) is 5.73 Å². The number of phenolic OH excluding ortho intramolecular Hbond substituents is 1. The van der Waals surface area contributed by atoms with Gasteiger partial charge in [-0.25, -0.2) is 4.79 Å². The summed E-state index contributed by atoms with van der Waals surface area (Å²) in [7, 11) is 0. The Balaban J connectivity index is 2.11. The molecule has 1 heterocycles. The average molecular weight is 398 g/mol. The lowest BCUT2D eigenvalue weighted by molar-refractivity contribution is -0.116. The SMILES string of the molecule is CC(=O)Nc1ccc(-c2ccc3c(c2)NC(=O)CC3)c(O)c1C(=S)NC(N)=O. The molecule has 8 nitrogen and oxygen atoms in total. The Hall–Kier alpha value is -3.46. The van der Waals surface area contributed by atoms with E-state index in [1.54, 1.807) is 18.2 Å². The summed E-state index contributed by atoms with van der Waals surface area (Å²) in [6.45, 7) is 1.31. The number of nitrogens with one attached hydrogen (secondary N) is 3. The highest BCUT2D eigenvalue weighted by molar-refractivity contribution is 7.80. The van der Waals surface area contributed by atoms with Gasteiger partial charge in [0.1, 0.15) is 10.7 Å². The van der Waals surface area contributed by atoms with E-state index >= 15 is 0 Å². The Labute approximate surface area is 166 Å². The lowest BCUT2D eigenvalue weighted by Gasteiger charge is -2.19. The molecule has 6 N–H and O–H groups in total. The topological polar surface area (TPSA) is 134 Å². The molecule has 0 saturated carbocycles. The van der Waals surface area contributed by atoms with Crippen LogP contribution in [-0.2, 0) is 16.0 Å². The van der Waals surface area contributed by atoms with E-state index in [0.717, 1.165) is 5.56 Å². The summed E-state index contributed by atoms with van der Waals surface area (Å²) in [6.07, 6.45) is 1.08. The molecule has 1 aliphatic rings. The van der Waals surface area contributed by atoms with Crippen molar-refractivity contribution in [2.75, 3.05) is 10.6 Å². The monoisotopic (exact) mass is 398 g/mol. The van der Waals surface area contributed by atoms with Crippen molar-refractivity contribution in [1.29, 1.82) is 0 Å². The van der Waals surface area contributed by atoms with Crippen LogP contribution in [0.5, 0.6) is 5.75 Å². The van der Waals surface area contributed by atoms with Gasteiger partial charge in [0.25, 0.3) is 0 Å². The van der Waals surface area contributed by atoms with Crippen LogP contribution >= 0.6 is 12.2 Å². The van der Waals surface area contributed by atoms with Gasteiger partial charge in [0.05, 0.1) is 11.3 Å². The Morgan fingerprint density at radius 2 is 1.96 bits per heavy atom. The van der Waals surface area contributed by atoms with Gasteiger partial charge in [-0.2, -0.15) is 0 Å². The highest BCUT2D eigenvalue weighted by Gasteiger charge is 2.21. The fourth-order valence-electron chi connectivity index (χ4n) is 3.06. The average Bonchev–Trinajstić information content (AvgIpc) is 2.60. The highest BCUT2D eigenvalue weighted by Crippen LogP contribution is 2.38. The summed E-state index contributed by atoms with van der Waals surface area (Å²) in [4.78, 5) is 34.2. The molecule has 2 aromatic rings. The van der Waals surface area contributed by atoms with Gasteiger partial charge in [0, 0.05) is 24.6 Å². The van der Waals surface area contributed by atoms with Crippen molar-refractivity contribution >= 4 is 46.4 Å². The third-order valence-electron chi connectivity index (χ3n) is 4.27. The third kappa shape index (κ3) is 3.94. The lowest BCUT2D eigenvalue weighted by atomic mass is 9.95. The molecular weight excluding hydrogens is 380 g/mol. The van der Waals surface area contributed by atoms with E-state index in [9.17, 15) is 19.5 Å². The van der Waals surface area contributed by atoms with Gasteiger partial charge >= 0.3 is 6.03 Å². The fourth-order valence-corrected chi connectivity index (χ4v) is 3.37. The first kappa shape index (κ1) is 19.3. The molecular formula is C19H18N4O4S. The minimum absolute atomic E-state index is 0.0672. The van der Waals surface area contributed by atoms with Gasteiger partial charge in [-0.15, -0.1) is 0 Å². The molecule has 2 aromatic carbocycles. The maximum absolute atomic E-state index is 11.7. The number of hydrogen-bond donors (Lipinski definition) is 5. The van der Waals surface area contributed by atoms with Crippen molar-refractivity contribution in [3.05, 3.63) is 41.5 Å². The summed E-state index contributed by atoms with van der Waals surface area (Å²) in [6, 6.07) is 7.75. The molecule has 4 amide bonds. The Kier molecular flexibility index (Phi) is 5.27. The van der Waals surface area contributed by atoms with Gasteiger partial charge in [-0.1, -0.05) is 24.4 Å². The molecule has 0 radical (unpaired) electrons. The number of phenols is 1. The lowest BCUT2D eigenvalue weighted by Crippen LogP contribution is -2.34. The number of benzene rings is 2. The number of carbonyl (C=O) groups is 3. The standard InChI is InChI=1S/C19H18N4O4S/c1-9(24)21-13-6-5-12(17(26)16(13)18(28)23-19(20)27)11-3-2-10-4-7-15(25)22-14(10)8-11/h2-3,5-6,8,26H,4,7H2,1H3,(H,21,24)(H,22,25)(H3,20,23,27,28). The molecule has 0 unspecified atom stereocenters. The first-order valence-corrected chi connectivity index (χ1v) is 8.84. The second-order valence-corrected chi connectivity index (χ2v) is 6.71. The van der Waals surface area contributed by atoms with Crippen molar-refractivity contribution in [3.8, 4) is 16.9 Å². The molecule has 3 rings (SSSR count). The van der Waals surface area contributed by atoms with Gasteiger partial charge in [0.2, 0.25) is 11.8 Å². The van der Waals surface area contributed by atoms with Crippen LogP contribution < -0.4 is 21.7 Å². The molecule has 0 spiro atoms. The number of nitrogens with two attached hydrogens (primary N) is 1. The minimum atomic E-state index is -0.889. The first-order chi connectivity index (χ1) is 13.3. The summed E-state index contributed by atoms with van der Waals surface area (Å²) >= 11 is 5.17.